The number of benzene rings is 1. The molecule has 0 radical (unpaired) electrons. The Kier molecular flexibility index (Phi) is 2.89. The van der Waals surface area contributed by atoms with Crippen molar-refractivity contribution in [3.8, 4) is 5.75 Å². The molecule has 2 unspecified atom stereocenters. The molecule has 1 aromatic rings. The summed E-state index contributed by atoms with van der Waals surface area (Å²) in [5, 5.41) is 0. The van der Waals surface area contributed by atoms with Crippen LogP contribution in [0.5, 0.6) is 5.75 Å². The molecule has 0 fully saturated rings. The van der Waals surface area contributed by atoms with Crippen LogP contribution in [-0.4, -0.2) is 7.11 Å². The van der Waals surface area contributed by atoms with Crippen LogP contribution in [0.15, 0.2) is 16.6 Å². The number of alkyl halides is 1. The second-order valence-corrected chi connectivity index (χ2v) is 5.57. The fourth-order valence-corrected chi connectivity index (χ4v) is 3.66. The van der Waals surface area contributed by atoms with Crippen LogP contribution in [0.2, 0.25) is 0 Å². The zero-order valence-electron chi connectivity index (χ0n) is 8.18. The van der Waals surface area contributed by atoms with Crippen LogP contribution in [0, 0.1) is 5.92 Å². The maximum Gasteiger partial charge on any atom is 0.122 e. The Balaban J connectivity index is 2.58. The molecule has 3 heteroatoms. The summed E-state index contributed by atoms with van der Waals surface area (Å²) in [4.78, 5) is 0.446. The number of rotatable bonds is 1. The van der Waals surface area contributed by atoms with Crippen LogP contribution in [0.3, 0.4) is 0 Å². The van der Waals surface area contributed by atoms with E-state index in [0.29, 0.717) is 10.7 Å². The molecule has 0 heterocycles. The van der Waals surface area contributed by atoms with Crippen molar-refractivity contribution in [1.82, 2.24) is 0 Å². The molecule has 76 valence electrons. The Morgan fingerprint density at radius 3 is 2.79 bits per heavy atom. The molecule has 0 saturated carbocycles. The van der Waals surface area contributed by atoms with Crippen LogP contribution in [0.1, 0.15) is 22.9 Å². The number of fused-ring (bicyclic) bond motifs is 1. The molecule has 0 aliphatic heterocycles. The summed E-state index contributed by atoms with van der Waals surface area (Å²) < 4.78 is 6.55. The summed E-state index contributed by atoms with van der Waals surface area (Å²) >= 11 is 7.32. The van der Waals surface area contributed by atoms with E-state index in [0.717, 1.165) is 12.2 Å². The molecule has 1 aliphatic carbocycles. The predicted octanol–water partition coefficient (Wildman–Crippen LogP) is 4.09. The maximum absolute atomic E-state index is 5.37. The minimum absolute atomic E-state index is 0.446. The first-order valence-corrected chi connectivity index (χ1v) is 6.35. The van der Waals surface area contributed by atoms with Crippen molar-refractivity contribution in [3.05, 3.63) is 27.7 Å². The van der Waals surface area contributed by atoms with Gasteiger partial charge >= 0.3 is 0 Å². The molecule has 2 atom stereocenters. The van der Waals surface area contributed by atoms with Gasteiger partial charge < -0.3 is 4.74 Å². The van der Waals surface area contributed by atoms with Crippen molar-refractivity contribution in [2.45, 2.75) is 18.2 Å². The Bertz CT molecular complexity index is 363. The second kappa shape index (κ2) is 3.86. The average Bonchev–Trinajstić information content (AvgIpc) is 2.45. The number of halogens is 2. The largest absolute Gasteiger partial charge is 0.496 e. The molecule has 0 N–H and O–H groups in total. The first-order chi connectivity index (χ1) is 6.65. The SMILES string of the molecule is COc1ccc(Br)c2c1CC(C)C2Br. The standard InChI is InChI=1S/C11H12Br2O/c1-6-5-7-9(14-2)4-3-8(12)10(7)11(6)13/h3-4,6,11H,5H2,1-2H3. The Labute approximate surface area is 101 Å². The lowest BCUT2D eigenvalue weighted by Gasteiger charge is -2.10. The number of methoxy groups -OCH3 is 1. The lowest BCUT2D eigenvalue weighted by atomic mass is 10.1. The van der Waals surface area contributed by atoms with Crippen molar-refractivity contribution < 1.29 is 4.74 Å². The van der Waals surface area contributed by atoms with E-state index in [1.165, 1.54) is 15.6 Å². The summed E-state index contributed by atoms with van der Waals surface area (Å²) in [6.45, 7) is 2.26. The summed E-state index contributed by atoms with van der Waals surface area (Å²) in [5.41, 5.74) is 2.70. The molecule has 0 saturated heterocycles. The van der Waals surface area contributed by atoms with E-state index in [4.69, 9.17) is 4.74 Å². The van der Waals surface area contributed by atoms with Gasteiger partial charge in [0.15, 0.2) is 0 Å². The predicted molar refractivity (Wildman–Crippen MR) is 65.2 cm³/mol. The van der Waals surface area contributed by atoms with Crippen molar-refractivity contribution in [2.24, 2.45) is 5.92 Å². The number of hydrogen-bond donors (Lipinski definition) is 0. The van der Waals surface area contributed by atoms with Gasteiger partial charge in [0.25, 0.3) is 0 Å². The third-order valence-corrected chi connectivity index (χ3v) is 4.83. The van der Waals surface area contributed by atoms with Crippen LogP contribution in [0.4, 0.5) is 0 Å². The monoisotopic (exact) mass is 318 g/mol. The highest BCUT2D eigenvalue weighted by Gasteiger charge is 2.31. The van der Waals surface area contributed by atoms with Gasteiger partial charge in [0.2, 0.25) is 0 Å². The lowest BCUT2D eigenvalue weighted by Crippen LogP contribution is -1.94. The Morgan fingerprint density at radius 1 is 1.43 bits per heavy atom. The summed E-state index contributed by atoms with van der Waals surface area (Å²) in [7, 11) is 1.73. The molecule has 0 bridgehead atoms. The van der Waals surface area contributed by atoms with E-state index in [9.17, 15) is 0 Å². The van der Waals surface area contributed by atoms with Gasteiger partial charge in [-0.25, -0.2) is 0 Å². The highest BCUT2D eigenvalue weighted by atomic mass is 79.9. The minimum Gasteiger partial charge on any atom is -0.496 e. The third-order valence-electron chi connectivity index (χ3n) is 2.78. The van der Waals surface area contributed by atoms with Crippen molar-refractivity contribution in [3.63, 3.8) is 0 Å². The molecule has 14 heavy (non-hydrogen) atoms. The highest BCUT2D eigenvalue weighted by molar-refractivity contribution is 9.11. The first kappa shape index (κ1) is 10.5. The molecular formula is C11H12Br2O. The molecule has 1 nitrogen and oxygen atoms in total. The van der Waals surface area contributed by atoms with E-state index in [1.807, 2.05) is 6.07 Å². The zero-order chi connectivity index (χ0) is 10.3. The molecule has 0 amide bonds. The zero-order valence-corrected chi connectivity index (χ0v) is 11.4. The Hall–Kier alpha value is -0.0200. The molecule has 2 rings (SSSR count). The number of ether oxygens (including phenoxy) is 1. The van der Waals surface area contributed by atoms with Gasteiger partial charge in [0, 0.05) is 9.30 Å². The molecular weight excluding hydrogens is 308 g/mol. The third kappa shape index (κ3) is 1.50. The van der Waals surface area contributed by atoms with Crippen molar-refractivity contribution in [1.29, 1.82) is 0 Å². The molecule has 1 aliphatic rings. The van der Waals surface area contributed by atoms with E-state index in [2.05, 4.69) is 44.8 Å². The summed E-state index contributed by atoms with van der Waals surface area (Å²) in [6, 6.07) is 4.09. The van der Waals surface area contributed by atoms with E-state index in [-0.39, 0.29) is 0 Å². The van der Waals surface area contributed by atoms with E-state index < -0.39 is 0 Å². The first-order valence-electron chi connectivity index (χ1n) is 4.64. The van der Waals surface area contributed by atoms with E-state index >= 15 is 0 Å². The van der Waals surface area contributed by atoms with Gasteiger partial charge in [-0.1, -0.05) is 38.8 Å². The van der Waals surface area contributed by atoms with Gasteiger partial charge in [0.1, 0.15) is 5.75 Å². The van der Waals surface area contributed by atoms with Crippen molar-refractivity contribution >= 4 is 31.9 Å². The maximum atomic E-state index is 5.37. The second-order valence-electron chi connectivity index (χ2n) is 3.73. The van der Waals surface area contributed by atoms with Gasteiger partial charge in [-0.15, -0.1) is 0 Å². The van der Waals surface area contributed by atoms with Gasteiger partial charge in [0.05, 0.1) is 7.11 Å². The van der Waals surface area contributed by atoms with Gasteiger partial charge in [-0.3, -0.25) is 0 Å². The van der Waals surface area contributed by atoms with E-state index in [1.54, 1.807) is 7.11 Å². The van der Waals surface area contributed by atoms with Crippen LogP contribution in [0.25, 0.3) is 0 Å². The lowest BCUT2D eigenvalue weighted by molar-refractivity contribution is 0.409. The fourth-order valence-electron chi connectivity index (χ4n) is 2.03. The van der Waals surface area contributed by atoms with Crippen LogP contribution in [-0.2, 0) is 6.42 Å². The highest BCUT2D eigenvalue weighted by Crippen LogP contribution is 2.48. The average molecular weight is 320 g/mol. The quantitative estimate of drug-likeness (QED) is 0.709. The topological polar surface area (TPSA) is 9.23 Å². The molecule has 0 spiro atoms. The Morgan fingerprint density at radius 2 is 2.14 bits per heavy atom. The summed E-state index contributed by atoms with van der Waals surface area (Å²) in [6.07, 6.45) is 1.09. The van der Waals surface area contributed by atoms with Crippen LogP contribution >= 0.6 is 31.9 Å². The van der Waals surface area contributed by atoms with Crippen LogP contribution < -0.4 is 4.74 Å². The molecule has 0 aromatic heterocycles. The fraction of sp³-hybridized carbons (Fsp3) is 0.455. The van der Waals surface area contributed by atoms with Gasteiger partial charge in [-0.2, -0.15) is 0 Å². The van der Waals surface area contributed by atoms with Crippen molar-refractivity contribution in [2.75, 3.05) is 7.11 Å². The molecule has 1 aromatic carbocycles. The smallest absolute Gasteiger partial charge is 0.122 e. The normalized spacial score (nSPS) is 24.9. The summed E-state index contributed by atoms with van der Waals surface area (Å²) in [5.74, 6) is 1.65. The van der Waals surface area contributed by atoms with Gasteiger partial charge in [-0.05, 0) is 35.6 Å². The number of hydrogen-bond acceptors (Lipinski definition) is 1. The minimum atomic E-state index is 0.446.